The Balaban J connectivity index is 1.37. The van der Waals surface area contributed by atoms with Crippen molar-refractivity contribution < 1.29 is 29.3 Å². The fraction of sp³-hybridized carbons (Fsp3) is 0.857. The highest BCUT2D eigenvalue weighted by Gasteiger charge is 2.62. The average molecular weight is 477 g/mol. The van der Waals surface area contributed by atoms with E-state index < -0.39 is 11.9 Å². The molecule has 0 amide bonds. The minimum absolute atomic E-state index is 0.0526. The van der Waals surface area contributed by atoms with Crippen molar-refractivity contribution in [3.63, 3.8) is 0 Å². The third-order valence-electron chi connectivity index (χ3n) is 11.7. The SMILES string of the molecule is CC1(C)C2CCC1(C)C(OCCC(C(=O)O)=C(CCOC1CC3CCC1(C)C3(C)C)C(=O)O)C2. The van der Waals surface area contributed by atoms with Crippen molar-refractivity contribution in [1.29, 1.82) is 0 Å². The van der Waals surface area contributed by atoms with Crippen LogP contribution in [0.1, 0.15) is 92.9 Å². The van der Waals surface area contributed by atoms with Gasteiger partial charge in [0.05, 0.1) is 25.4 Å². The molecular formula is C28H44O6. The summed E-state index contributed by atoms with van der Waals surface area (Å²) in [6, 6.07) is 0. The lowest BCUT2D eigenvalue weighted by Crippen LogP contribution is -2.37. The molecule has 2 N–H and O–H groups in total. The second-order valence-corrected chi connectivity index (χ2v) is 13.0. The summed E-state index contributed by atoms with van der Waals surface area (Å²) >= 11 is 0. The summed E-state index contributed by atoms with van der Waals surface area (Å²) in [4.78, 5) is 24.0. The van der Waals surface area contributed by atoms with Gasteiger partial charge in [0, 0.05) is 24.0 Å². The van der Waals surface area contributed by atoms with Gasteiger partial charge in [-0.15, -0.1) is 0 Å². The lowest BCUT2D eigenvalue weighted by Gasteiger charge is -2.39. The van der Waals surface area contributed by atoms with E-state index in [9.17, 15) is 19.8 Å². The van der Waals surface area contributed by atoms with Crippen molar-refractivity contribution in [3.05, 3.63) is 11.1 Å². The Morgan fingerprint density at radius 3 is 1.29 bits per heavy atom. The fourth-order valence-corrected chi connectivity index (χ4v) is 8.14. The standard InChI is InChI=1S/C28H44O6/c1-25(2)17-7-11-27(25,5)21(15-17)33-13-9-19(23(29)30)20(24(31)32)10-14-34-22-16-18-8-12-28(22,6)26(18,3)4/h17-18,21-22H,7-16H2,1-6H3,(H,29,30)(H,31,32). The number of hydrogen-bond donors (Lipinski definition) is 2. The molecule has 6 heteroatoms. The van der Waals surface area contributed by atoms with E-state index in [1.807, 2.05) is 0 Å². The number of aliphatic carboxylic acids is 2. The number of carboxylic acids is 2. The number of hydrogen-bond acceptors (Lipinski definition) is 4. The van der Waals surface area contributed by atoms with Crippen LogP contribution < -0.4 is 0 Å². The monoisotopic (exact) mass is 476 g/mol. The maximum Gasteiger partial charge on any atom is 0.332 e. The summed E-state index contributed by atoms with van der Waals surface area (Å²) in [6.45, 7) is 14.3. The molecule has 4 aliphatic carbocycles. The Bertz CT molecular complexity index is 802. The van der Waals surface area contributed by atoms with E-state index in [0.717, 1.165) is 25.7 Å². The molecule has 4 bridgehead atoms. The molecule has 0 spiro atoms. The summed E-state index contributed by atoms with van der Waals surface area (Å²) in [6.07, 6.45) is 7.15. The number of rotatable bonds is 10. The van der Waals surface area contributed by atoms with Crippen LogP contribution in [0.5, 0.6) is 0 Å². The van der Waals surface area contributed by atoms with Crippen LogP contribution in [0.2, 0.25) is 0 Å². The summed E-state index contributed by atoms with van der Waals surface area (Å²) < 4.78 is 12.4. The molecule has 0 aromatic carbocycles. The van der Waals surface area contributed by atoms with Gasteiger partial charge < -0.3 is 19.7 Å². The van der Waals surface area contributed by atoms with Gasteiger partial charge in [-0.1, -0.05) is 41.5 Å². The lowest BCUT2D eigenvalue weighted by atomic mass is 9.70. The van der Waals surface area contributed by atoms with Gasteiger partial charge in [-0.05, 0) is 72.0 Å². The predicted octanol–water partition coefficient (Wildman–Crippen LogP) is 5.70. The molecule has 4 rings (SSSR count). The second-order valence-electron chi connectivity index (χ2n) is 13.0. The van der Waals surface area contributed by atoms with E-state index in [2.05, 4.69) is 41.5 Å². The summed E-state index contributed by atoms with van der Waals surface area (Å²) in [7, 11) is 0. The summed E-state index contributed by atoms with van der Waals surface area (Å²) in [5.74, 6) is -1.06. The van der Waals surface area contributed by atoms with Gasteiger partial charge in [-0.25, -0.2) is 9.59 Å². The molecule has 6 nitrogen and oxygen atoms in total. The van der Waals surface area contributed by atoms with Crippen molar-refractivity contribution in [3.8, 4) is 0 Å². The molecule has 34 heavy (non-hydrogen) atoms. The van der Waals surface area contributed by atoms with Gasteiger partial charge in [0.2, 0.25) is 0 Å². The third-order valence-corrected chi connectivity index (χ3v) is 11.7. The van der Waals surface area contributed by atoms with Crippen LogP contribution >= 0.6 is 0 Å². The topological polar surface area (TPSA) is 93.1 Å². The van der Waals surface area contributed by atoms with Crippen molar-refractivity contribution >= 4 is 11.9 Å². The second kappa shape index (κ2) is 8.62. The van der Waals surface area contributed by atoms with Crippen LogP contribution in [0, 0.1) is 33.5 Å². The van der Waals surface area contributed by atoms with Crippen LogP contribution in [0.4, 0.5) is 0 Å². The molecule has 0 saturated heterocycles. The molecule has 4 saturated carbocycles. The largest absolute Gasteiger partial charge is 0.478 e. The molecular weight excluding hydrogens is 432 g/mol. The highest BCUT2D eigenvalue weighted by atomic mass is 16.5. The first-order valence-corrected chi connectivity index (χ1v) is 13.2. The van der Waals surface area contributed by atoms with Gasteiger partial charge in [0.15, 0.2) is 0 Å². The molecule has 6 unspecified atom stereocenters. The Morgan fingerprint density at radius 1 is 0.706 bits per heavy atom. The minimum Gasteiger partial charge on any atom is -0.478 e. The van der Waals surface area contributed by atoms with E-state index in [1.165, 1.54) is 12.8 Å². The van der Waals surface area contributed by atoms with Crippen LogP contribution in [0.15, 0.2) is 11.1 Å². The zero-order chi connectivity index (χ0) is 25.1. The van der Waals surface area contributed by atoms with Crippen molar-refractivity contribution in [2.75, 3.05) is 13.2 Å². The highest BCUT2D eigenvalue weighted by Crippen LogP contribution is 2.67. The van der Waals surface area contributed by atoms with E-state index in [-0.39, 0.29) is 71.1 Å². The molecule has 4 aliphatic rings. The highest BCUT2D eigenvalue weighted by molar-refractivity contribution is 5.98. The Morgan fingerprint density at radius 2 is 1.06 bits per heavy atom. The average Bonchev–Trinajstić information content (AvgIpc) is 3.26. The van der Waals surface area contributed by atoms with Crippen molar-refractivity contribution in [2.24, 2.45) is 33.5 Å². The zero-order valence-electron chi connectivity index (χ0n) is 21.9. The van der Waals surface area contributed by atoms with Crippen molar-refractivity contribution in [2.45, 2.75) is 105 Å². The van der Waals surface area contributed by atoms with Crippen molar-refractivity contribution in [1.82, 2.24) is 0 Å². The molecule has 4 fully saturated rings. The van der Waals surface area contributed by atoms with Gasteiger partial charge in [-0.3, -0.25) is 0 Å². The molecule has 0 aromatic heterocycles. The zero-order valence-corrected chi connectivity index (χ0v) is 21.9. The molecule has 0 radical (unpaired) electrons. The van der Waals surface area contributed by atoms with Crippen LogP contribution in [-0.2, 0) is 19.1 Å². The van der Waals surface area contributed by atoms with Crippen LogP contribution in [0.3, 0.4) is 0 Å². The van der Waals surface area contributed by atoms with E-state index >= 15 is 0 Å². The van der Waals surface area contributed by atoms with Gasteiger partial charge in [0.25, 0.3) is 0 Å². The van der Waals surface area contributed by atoms with Gasteiger partial charge in [-0.2, -0.15) is 0 Å². The first-order valence-electron chi connectivity index (χ1n) is 13.2. The third kappa shape index (κ3) is 3.75. The first-order chi connectivity index (χ1) is 15.8. The maximum absolute atomic E-state index is 12.0. The molecule has 6 atom stereocenters. The van der Waals surface area contributed by atoms with E-state index in [1.54, 1.807) is 0 Å². The predicted molar refractivity (Wildman–Crippen MR) is 129 cm³/mol. The summed E-state index contributed by atoms with van der Waals surface area (Å²) in [5, 5.41) is 19.6. The molecule has 0 heterocycles. The Labute approximate surface area is 204 Å². The minimum atomic E-state index is -1.17. The Hall–Kier alpha value is -1.40. The quantitative estimate of drug-likeness (QED) is 0.393. The van der Waals surface area contributed by atoms with E-state index in [4.69, 9.17) is 9.47 Å². The van der Waals surface area contributed by atoms with Gasteiger partial charge in [0.1, 0.15) is 0 Å². The smallest absolute Gasteiger partial charge is 0.332 e. The first kappa shape index (κ1) is 25.7. The summed E-state index contributed by atoms with van der Waals surface area (Å²) in [5.41, 5.74) is 0.526. The fourth-order valence-electron chi connectivity index (χ4n) is 8.14. The van der Waals surface area contributed by atoms with Crippen LogP contribution in [-0.4, -0.2) is 47.6 Å². The number of ether oxygens (including phenoxy) is 2. The van der Waals surface area contributed by atoms with Crippen LogP contribution in [0.25, 0.3) is 0 Å². The number of carbonyl (C=O) groups is 2. The van der Waals surface area contributed by atoms with Gasteiger partial charge >= 0.3 is 11.9 Å². The number of carboxylic acid groups (broad SMARTS) is 2. The Kier molecular flexibility index (Phi) is 6.51. The molecule has 192 valence electrons. The number of fused-ring (bicyclic) bond motifs is 4. The normalized spacial score (nSPS) is 39.9. The maximum atomic E-state index is 12.0. The lowest BCUT2D eigenvalue weighted by molar-refractivity contribution is -0.136. The molecule has 0 aromatic rings. The van der Waals surface area contributed by atoms with E-state index in [0.29, 0.717) is 11.8 Å². The molecule has 0 aliphatic heterocycles.